The molecule has 32 heavy (non-hydrogen) atoms. The van der Waals surface area contributed by atoms with E-state index in [1.807, 2.05) is 0 Å². The highest BCUT2D eigenvalue weighted by molar-refractivity contribution is 8.03. The van der Waals surface area contributed by atoms with Crippen molar-refractivity contribution in [2.45, 2.75) is 36.1 Å². The number of aliphatic carboxylic acids is 1. The number of thiazole rings is 1. The van der Waals surface area contributed by atoms with Gasteiger partial charge < -0.3 is 16.2 Å². The fourth-order valence-corrected chi connectivity index (χ4v) is 5.37. The Morgan fingerprint density at radius 2 is 2.12 bits per heavy atom. The number of carboxylic acid groups (broad SMARTS) is 1. The van der Waals surface area contributed by atoms with Crippen LogP contribution >= 0.6 is 34.7 Å². The molecule has 2 aromatic heterocycles. The minimum absolute atomic E-state index is 0.0394. The Kier molecular flexibility index (Phi) is 6.03. The van der Waals surface area contributed by atoms with Crippen molar-refractivity contribution in [1.29, 1.82) is 0 Å². The number of carbonyl (C=O) groups is 3. The lowest BCUT2D eigenvalue weighted by atomic mass is 9.86. The summed E-state index contributed by atoms with van der Waals surface area (Å²) >= 11 is 7.87. The number of nitrogen functional groups attached to an aromatic ring is 1. The van der Waals surface area contributed by atoms with Gasteiger partial charge in [0.05, 0.1) is 6.04 Å². The Morgan fingerprint density at radius 3 is 2.72 bits per heavy atom. The molecule has 4 heterocycles. The van der Waals surface area contributed by atoms with Crippen LogP contribution in [0.1, 0.15) is 24.6 Å². The Labute approximate surface area is 192 Å². The molecule has 2 unspecified atom stereocenters. The number of nitrogens with one attached hydrogen (secondary N) is 1. The van der Waals surface area contributed by atoms with E-state index in [1.54, 1.807) is 0 Å². The van der Waals surface area contributed by atoms with Crippen LogP contribution in [0, 0.1) is 4.91 Å². The van der Waals surface area contributed by atoms with Gasteiger partial charge in [0.1, 0.15) is 34.4 Å². The largest absolute Gasteiger partial charge is 0.477 e. The number of hydrogen-bond donors (Lipinski definition) is 3. The van der Waals surface area contributed by atoms with Gasteiger partial charge in [-0.2, -0.15) is 0 Å². The van der Waals surface area contributed by atoms with Crippen LogP contribution < -0.4 is 11.1 Å². The Hall–Kier alpha value is -3.17. The Balaban J connectivity index is 1.52. The third kappa shape index (κ3) is 3.89. The maximum Gasteiger partial charge on any atom is 0.353 e. The summed E-state index contributed by atoms with van der Waals surface area (Å²) in [6.07, 6.45) is 3.26. The van der Waals surface area contributed by atoms with Crippen LogP contribution in [0.15, 0.2) is 33.6 Å². The van der Waals surface area contributed by atoms with Crippen molar-refractivity contribution in [2.75, 3.05) is 5.73 Å². The van der Waals surface area contributed by atoms with Gasteiger partial charge >= 0.3 is 5.97 Å². The summed E-state index contributed by atoms with van der Waals surface area (Å²) in [6, 6.07) is -3.20. The fraction of sp³-hybridized carbons (Fsp3) is 0.312. The van der Waals surface area contributed by atoms with Crippen molar-refractivity contribution < 1.29 is 19.5 Å². The van der Waals surface area contributed by atoms with Gasteiger partial charge in [0, 0.05) is 4.91 Å². The lowest BCUT2D eigenvalue weighted by Gasteiger charge is -2.50. The number of aromatic nitrogens is 4. The Morgan fingerprint density at radius 1 is 1.41 bits per heavy atom. The minimum Gasteiger partial charge on any atom is -0.477 e. The minimum atomic E-state index is -1.59. The molecule has 0 aliphatic carbocycles. The number of anilines is 1. The van der Waals surface area contributed by atoms with Crippen molar-refractivity contribution in [3.63, 3.8) is 0 Å². The molecule has 4 rings (SSSR count). The van der Waals surface area contributed by atoms with Crippen LogP contribution in [0.5, 0.6) is 0 Å². The topological polar surface area (TPSA) is 194 Å². The van der Waals surface area contributed by atoms with Gasteiger partial charge in [0.15, 0.2) is 10.3 Å². The number of nitroso groups, excluding NO2 is 1. The number of carboxylic acids is 1. The molecule has 16 heteroatoms. The summed E-state index contributed by atoms with van der Waals surface area (Å²) in [5.74, 6) is -2.79. The first-order valence-electron chi connectivity index (χ1n) is 8.95. The molecule has 4 N–H and O–H groups in total. The maximum atomic E-state index is 12.8. The van der Waals surface area contributed by atoms with E-state index >= 15 is 0 Å². The van der Waals surface area contributed by atoms with E-state index in [0.717, 1.165) is 28.0 Å². The summed E-state index contributed by atoms with van der Waals surface area (Å²) < 4.78 is 0.0394. The molecule has 2 aromatic rings. The number of allylic oxidation sites excluding steroid dienone is 1. The van der Waals surface area contributed by atoms with Gasteiger partial charge in [-0.3, -0.25) is 14.5 Å². The van der Waals surface area contributed by atoms with E-state index in [1.165, 1.54) is 12.7 Å². The van der Waals surface area contributed by atoms with Gasteiger partial charge in [0.25, 0.3) is 11.8 Å². The number of hydrogen-bond acceptors (Lipinski definition) is 12. The smallest absolute Gasteiger partial charge is 0.353 e. The highest BCUT2D eigenvalue weighted by Crippen LogP contribution is 2.42. The van der Waals surface area contributed by atoms with Crippen LogP contribution in [0.3, 0.4) is 0 Å². The molecule has 0 radical (unpaired) electrons. The number of amides is 2. The molecule has 166 valence electrons. The zero-order chi connectivity index (χ0) is 23.0. The molecule has 0 spiro atoms. The molecule has 1 saturated heterocycles. The molecule has 0 saturated carbocycles. The monoisotopic (exact) mass is 496 g/mol. The predicted molar refractivity (Wildman–Crippen MR) is 112 cm³/mol. The molecule has 3 atom stereocenters. The first-order valence-corrected chi connectivity index (χ1v) is 11.0. The van der Waals surface area contributed by atoms with Crippen molar-refractivity contribution in [2.24, 2.45) is 5.18 Å². The van der Waals surface area contributed by atoms with E-state index < -0.39 is 35.9 Å². The normalized spacial score (nSPS) is 20.9. The van der Waals surface area contributed by atoms with Crippen molar-refractivity contribution >= 4 is 57.6 Å². The van der Waals surface area contributed by atoms with Crippen molar-refractivity contribution in [1.82, 2.24) is 30.2 Å². The standard InChI is InChI=1S/C16H13ClN8O5S2/c17-11-8(23-15(18)32-11)9(24-30)12(26)22-7-5-1-2-6(31-16-20-3-19-4-21-16)10(14(28)29)25(5)13(7)27/h3-5,7,9H,1-2H2,(H2,18,23)(H,22,26)(H,28,29)/t5?,7-,9?/m0/s1. The average Bonchev–Trinajstić information content (AvgIpc) is 3.10. The zero-order valence-corrected chi connectivity index (χ0v) is 18.2. The number of thioether (sulfide) groups is 1. The van der Waals surface area contributed by atoms with E-state index in [4.69, 9.17) is 17.3 Å². The third-order valence-corrected chi connectivity index (χ3v) is 6.97. The number of β-lactam (4-membered cyclic amide) rings is 1. The molecular formula is C16H13ClN8O5S2. The van der Waals surface area contributed by atoms with Crippen molar-refractivity contribution in [3.8, 4) is 0 Å². The number of nitrogens with zero attached hydrogens (tertiary/aromatic N) is 6. The van der Waals surface area contributed by atoms with Gasteiger partial charge in [-0.15, -0.1) is 4.91 Å². The highest BCUT2D eigenvalue weighted by atomic mass is 35.5. The van der Waals surface area contributed by atoms with Crippen LogP contribution in [0.25, 0.3) is 0 Å². The summed E-state index contributed by atoms with van der Waals surface area (Å²) in [5, 5.41) is 15.3. The van der Waals surface area contributed by atoms with Gasteiger partial charge in [-0.05, 0) is 18.0 Å². The molecule has 1 fully saturated rings. The van der Waals surface area contributed by atoms with Gasteiger partial charge in [-0.25, -0.2) is 24.7 Å². The SMILES string of the molecule is Nc1nc(C(N=O)C(=O)N[C@@H]2C(=O)N3C(C(=O)O)=C(Sc4ncncn4)CCC23)c(Cl)s1. The summed E-state index contributed by atoms with van der Waals surface area (Å²) in [7, 11) is 0. The average molecular weight is 497 g/mol. The molecule has 0 aromatic carbocycles. The predicted octanol–water partition coefficient (Wildman–Crippen LogP) is 0.949. The van der Waals surface area contributed by atoms with Crippen LogP contribution in [0.2, 0.25) is 4.34 Å². The fourth-order valence-electron chi connectivity index (χ4n) is 3.47. The van der Waals surface area contributed by atoms with E-state index in [0.29, 0.717) is 22.9 Å². The summed E-state index contributed by atoms with van der Waals surface area (Å²) in [6.45, 7) is 0. The number of carbonyl (C=O) groups excluding carboxylic acids is 2. The quantitative estimate of drug-likeness (QED) is 0.364. The van der Waals surface area contributed by atoms with Crippen LogP contribution in [-0.2, 0) is 14.4 Å². The van der Waals surface area contributed by atoms with Crippen LogP contribution in [-0.4, -0.2) is 59.8 Å². The number of fused-ring (bicyclic) bond motifs is 1. The lowest BCUT2D eigenvalue weighted by Crippen LogP contribution is -2.71. The molecule has 13 nitrogen and oxygen atoms in total. The van der Waals surface area contributed by atoms with E-state index in [-0.39, 0.29) is 20.9 Å². The third-order valence-electron chi connectivity index (χ3n) is 4.82. The first kappa shape index (κ1) is 22.0. The molecule has 0 bridgehead atoms. The number of nitrogens with two attached hydrogens (primary N) is 1. The molecule has 2 aliphatic heterocycles. The van der Waals surface area contributed by atoms with E-state index in [9.17, 15) is 24.4 Å². The first-order chi connectivity index (χ1) is 15.3. The zero-order valence-electron chi connectivity index (χ0n) is 15.8. The second kappa shape index (κ2) is 8.76. The maximum absolute atomic E-state index is 12.8. The summed E-state index contributed by atoms with van der Waals surface area (Å²) in [5.41, 5.74) is 5.25. The Bertz CT molecular complexity index is 1140. The number of rotatable bonds is 7. The van der Waals surface area contributed by atoms with E-state index in [2.05, 4.69) is 30.4 Å². The summed E-state index contributed by atoms with van der Waals surface area (Å²) in [4.78, 5) is 65.6. The second-order valence-electron chi connectivity index (χ2n) is 6.62. The van der Waals surface area contributed by atoms with Crippen LogP contribution in [0.4, 0.5) is 5.13 Å². The second-order valence-corrected chi connectivity index (χ2v) is 9.31. The van der Waals surface area contributed by atoms with Gasteiger partial charge in [0.2, 0.25) is 6.04 Å². The van der Waals surface area contributed by atoms with Gasteiger partial charge in [-0.1, -0.05) is 34.7 Å². The number of halogens is 1. The van der Waals surface area contributed by atoms with Crippen molar-refractivity contribution in [3.05, 3.63) is 38.2 Å². The molecule has 2 amide bonds. The lowest BCUT2D eigenvalue weighted by molar-refractivity contribution is -0.156. The molecule has 2 aliphatic rings. The molecular weight excluding hydrogens is 484 g/mol. The highest BCUT2D eigenvalue weighted by Gasteiger charge is 2.54.